The van der Waals surface area contributed by atoms with Crippen LogP contribution in [0.1, 0.15) is 27.7 Å². The highest BCUT2D eigenvalue weighted by Crippen LogP contribution is 2.34. The minimum atomic E-state index is -1.48. The minimum absolute atomic E-state index is 1.25. The molecule has 0 aromatic rings. The second-order valence-electron chi connectivity index (χ2n) is 3.97. The Kier molecular flexibility index (Phi) is 5.94. The molecule has 0 saturated carbocycles. The molecular formula is C11H26OSi2. The van der Waals surface area contributed by atoms with Crippen LogP contribution in [0.25, 0.3) is 0 Å². The summed E-state index contributed by atoms with van der Waals surface area (Å²) in [5.41, 5.74) is 2.30. The van der Waals surface area contributed by atoms with Gasteiger partial charge in [-0.25, -0.2) is 0 Å². The minimum Gasteiger partial charge on any atom is -0.422 e. The standard InChI is InChI=1S/C11H26OSi2/c1-7-13(8-2,9-3)14(10-4,11-5)12-6/h7H,1,8-11H2,2-6H3. The smallest absolute Gasteiger partial charge is 0.183 e. The summed E-state index contributed by atoms with van der Waals surface area (Å²) in [5.74, 6) is 0. The second-order valence-corrected chi connectivity index (χ2v) is 17.6. The van der Waals surface area contributed by atoms with Crippen LogP contribution in [0.2, 0.25) is 24.2 Å². The lowest BCUT2D eigenvalue weighted by Crippen LogP contribution is -2.62. The molecule has 0 heterocycles. The molecule has 0 N–H and O–H groups in total. The van der Waals surface area contributed by atoms with Gasteiger partial charge in [0.25, 0.3) is 0 Å². The van der Waals surface area contributed by atoms with Crippen LogP contribution < -0.4 is 0 Å². The fraction of sp³-hybridized carbons (Fsp3) is 0.818. The lowest BCUT2D eigenvalue weighted by molar-refractivity contribution is 0.408. The van der Waals surface area contributed by atoms with E-state index in [1.54, 1.807) is 0 Å². The highest BCUT2D eigenvalue weighted by atomic mass is 29.3. The second kappa shape index (κ2) is 5.88. The fourth-order valence-electron chi connectivity index (χ4n) is 2.82. The summed E-state index contributed by atoms with van der Waals surface area (Å²) in [6.45, 7) is 13.3. The molecule has 0 radical (unpaired) electrons. The van der Waals surface area contributed by atoms with E-state index in [9.17, 15) is 0 Å². The average Bonchev–Trinajstić information content (AvgIpc) is 2.27. The van der Waals surface area contributed by atoms with Crippen LogP contribution in [-0.4, -0.2) is 22.5 Å². The predicted octanol–water partition coefficient (Wildman–Crippen LogP) is 3.91. The van der Waals surface area contributed by atoms with E-state index in [2.05, 4.69) is 40.0 Å². The Morgan fingerprint density at radius 1 is 1.00 bits per heavy atom. The van der Waals surface area contributed by atoms with Crippen molar-refractivity contribution >= 4 is 15.4 Å². The Morgan fingerprint density at radius 3 is 1.50 bits per heavy atom. The van der Waals surface area contributed by atoms with Gasteiger partial charge in [0.15, 0.2) is 7.83 Å². The summed E-state index contributed by atoms with van der Waals surface area (Å²) in [4.78, 5) is 0. The average molecular weight is 230 g/mol. The summed E-state index contributed by atoms with van der Waals surface area (Å²) < 4.78 is 6.00. The molecule has 0 unspecified atom stereocenters. The molecule has 0 aliphatic carbocycles. The Labute approximate surface area is 91.5 Å². The lowest BCUT2D eigenvalue weighted by Gasteiger charge is -2.43. The van der Waals surface area contributed by atoms with Crippen molar-refractivity contribution in [1.82, 2.24) is 0 Å². The predicted molar refractivity (Wildman–Crippen MR) is 70.6 cm³/mol. The summed E-state index contributed by atoms with van der Waals surface area (Å²) in [5, 5.41) is 0. The molecule has 0 spiro atoms. The maximum Gasteiger partial charge on any atom is 0.183 e. The van der Waals surface area contributed by atoms with Gasteiger partial charge in [-0.1, -0.05) is 39.8 Å². The van der Waals surface area contributed by atoms with Gasteiger partial charge in [0.05, 0.1) is 0 Å². The van der Waals surface area contributed by atoms with E-state index in [0.717, 1.165) is 0 Å². The molecule has 84 valence electrons. The van der Waals surface area contributed by atoms with Crippen molar-refractivity contribution < 1.29 is 4.43 Å². The molecule has 3 heteroatoms. The molecule has 0 fully saturated rings. The molecule has 0 aromatic carbocycles. The van der Waals surface area contributed by atoms with Crippen LogP contribution in [0.3, 0.4) is 0 Å². The molecule has 0 aliphatic rings. The van der Waals surface area contributed by atoms with E-state index < -0.39 is 15.4 Å². The Hall–Kier alpha value is 0.134. The van der Waals surface area contributed by atoms with Crippen LogP contribution in [0.15, 0.2) is 12.3 Å². The monoisotopic (exact) mass is 230 g/mol. The summed E-state index contributed by atoms with van der Waals surface area (Å²) >= 11 is 0. The van der Waals surface area contributed by atoms with Gasteiger partial charge in [0, 0.05) is 7.11 Å². The van der Waals surface area contributed by atoms with Gasteiger partial charge in [0.2, 0.25) is 0 Å². The normalized spacial score (nSPS) is 12.9. The fourth-order valence-corrected chi connectivity index (χ4v) is 18.9. The first-order valence-electron chi connectivity index (χ1n) is 5.80. The lowest BCUT2D eigenvalue weighted by atomic mass is 10.9. The van der Waals surface area contributed by atoms with Crippen LogP contribution in [0.4, 0.5) is 0 Å². The molecule has 0 bridgehead atoms. The zero-order valence-electron chi connectivity index (χ0n) is 10.5. The first kappa shape index (κ1) is 14.1. The first-order chi connectivity index (χ1) is 6.61. The maximum atomic E-state index is 6.00. The van der Waals surface area contributed by atoms with Gasteiger partial charge in [-0.15, -0.1) is 12.3 Å². The molecule has 0 aromatic heterocycles. The van der Waals surface area contributed by atoms with E-state index in [0.29, 0.717) is 0 Å². The van der Waals surface area contributed by atoms with Crippen molar-refractivity contribution in [2.24, 2.45) is 0 Å². The van der Waals surface area contributed by atoms with E-state index in [1.165, 1.54) is 24.2 Å². The van der Waals surface area contributed by atoms with E-state index >= 15 is 0 Å². The van der Waals surface area contributed by atoms with Crippen LogP contribution in [0.5, 0.6) is 0 Å². The van der Waals surface area contributed by atoms with Gasteiger partial charge < -0.3 is 4.43 Å². The first-order valence-corrected chi connectivity index (χ1v) is 11.6. The van der Waals surface area contributed by atoms with Gasteiger partial charge in [-0.3, -0.25) is 0 Å². The third-order valence-corrected chi connectivity index (χ3v) is 23.2. The number of hydrogen-bond donors (Lipinski definition) is 0. The Balaban J connectivity index is 5.18. The van der Waals surface area contributed by atoms with Crippen molar-refractivity contribution in [1.29, 1.82) is 0 Å². The molecule has 1 nitrogen and oxygen atoms in total. The summed E-state index contributed by atoms with van der Waals surface area (Å²) in [6, 6.07) is 5.10. The highest BCUT2D eigenvalue weighted by molar-refractivity contribution is 7.42. The van der Waals surface area contributed by atoms with Gasteiger partial charge in [0.1, 0.15) is 7.59 Å². The number of hydrogen-bond acceptors (Lipinski definition) is 1. The topological polar surface area (TPSA) is 9.23 Å². The quantitative estimate of drug-likeness (QED) is 0.603. The van der Waals surface area contributed by atoms with Crippen molar-refractivity contribution in [3.63, 3.8) is 0 Å². The van der Waals surface area contributed by atoms with Gasteiger partial charge >= 0.3 is 0 Å². The Bertz CT molecular complexity index is 164. The van der Waals surface area contributed by atoms with Crippen molar-refractivity contribution in [2.45, 2.75) is 51.9 Å². The van der Waals surface area contributed by atoms with Gasteiger partial charge in [-0.2, -0.15) is 0 Å². The zero-order chi connectivity index (χ0) is 11.2. The van der Waals surface area contributed by atoms with Crippen molar-refractivity contribution in [3.05, 3.63) is 12.3 Å². The summed E-state index contributed by atoms with van der Waals surface area (Å²) in [7, 11) is -0.866. The third kappa shape index (κ3) is 2.04. The molecule has 0 saturated heterocycles. The van der Waals surface area contributed by atoms with E-state index in [4.69, 9.17) is 4.43 Å². The largest absolute Gasteiger partial charge is 0.422 e. The zero-order valence-corrected chi connectivity index (χ0v) is 12.5. The van der Waals surface area contributed by atoms with Crippen LogP contribution >= 0.6 is 0 Å². The molecule has 0 atom stereocenters. The SMILES string of the molecule is C=C[Si](CC)(CC)[Si](CC)(CC)OC. The summed E-state index contributed by atoms with van der Waals surface area (Å²) in [6.07, 6.45) is 0. The van der Waals surface area contributed by atoms with Gasteiger partial charge in [-0.05, 0) is 12.1 Å². The molecule has 0 amide bonds. The molecule has 14 heavy (non-hydrogen) atoms. The number of rotatable bonds is 7. The molecule has 0 aliphatic heterocycles. The van der Waals surface area contributed by atoms with Crippen LogP contribution in [-0.2, 0) is 4.43 Å². The third-order valence-electron chi connectivity index (χ3n) is 4.09. The van der Waals surface area contributed by atoms with Crippen molar-refractivity contribution in [2.75, 3.05) is 7.11 Å². The van der Waals surface area contributed by atoms with Crippen molar-refractivity contribution in [3.8, 4) is 0 Å². The molecular weight excluding hydrogens is 204 g/mol. The Morgan fingerprint density at radius 2 is 1.43 bits per heavy atom. The molecule has 0 rings (SSSR count). The van der Waals surface area contributed by atoms with E-state index in [1.807, 2.05) is 7.11 Å². The van der Waals surface area contributed by atoms with E-state index in [-0.39, 0.29) is 0 Å². The highest BCUT2D eigenvalue weighted by Gasteiger charge is 2.49. The van der Waals surface area contributed by atoms with Crippen LogP contribution in [0, 0.1) is 0 Å². The maximum absolute atomic E-state index is 6.00.